The number of rotatable bonds is 13. The maximum absolute atomic E-state index is 13.8. The van der Waals surface area contributed by atoms with Gasteiger partial charge in [-0.05, 0) is 145 Å². The first-order valence-corrected chi connectivity index (χ1v) is 23.4. The molecule has 66 heavy (non-hydrogen) atoms. The molecule has 0 aromatic heterocycles. The fourth-order valence-corrected chi connectivity index (χ4v) is 9.95. The SMILES string of the molecule is N/C(=N\O)c1ccc(-c2ccccc2)cc1NC(=O)c1cccc(N2CCC(C3C[C@@H]3c3cccc(-c4ccc(/C(N)=N/SO)c(NC(=O)c5cccc(N6CCCCC6)c5)c4)c3)CC2)c1. The molecule has 0 spiro atoms. The molecule has 2 atom stereocenters. The van der Waals surface area contributed by atoms with Gasteiger partial charge in [-0.3, -0.25) is 9.59 Å². The van der Waals surface area contributed by atoms with Gasteiger partial charge in [0.1, 0.15) is 18.1 Å². The highest BCUT2D eigenvalue weighted by Gasteiger charge is 2.44. The number of nitrogens with two attached hydrogens (primary N) is 2. The third-order valence-electron chi connectivity index (χ3n) is 13.4. The topological polar surface area (TPSA) is 182 Å². The third kappa shape index (κ3) is 9.92. The molecule has 12 nitrogen and oxygen atoms in total. The number of amides is 2. The van der Waals surface area contributed by atoms with E-state index in [2.05, 4.69) is 66.4 Å². The van der Waals surface area contributed by atoms with Crippen molar-refractivity contribution in [3.8, 4) is 22.3 Å². The van der Waals surface area contributed by atoms with Crippen LogP contribution in [0.15, 0.2) is 149 Å². The Balaban J connectivity index is 0.848. The summed E-state index contributed by atoms with van der Waals surface area (Å²) in [5.41, 5.74) is 22.5. The van der Waals surface area contributed by atoms with E-state index in [9.17, 15) is 19.3 Å². The van der Waals surface area contributed by atoms with Crippen LogP contribution in [0.25, 0.3) is 22.3 Å². The number of amidine groups is 2. The fraction of sp³-hybridized carbons (Fsp3) is 0.245. The Morgan fingerprint density at radius 1 is 0.591 bits per heavy atom. The molecule has 0 radical (unpaired) electrons. The van der Waals surface area contributed by atoms with Gasteiger partial charge in [0.15, 0.2) is 5.84 Å². The fourth-order valence-electron chi connectivity index (χ4n) is 9.76. The highest BCUT2D eigenvalue weighted by Crippen LogP contribution is 2.55. The van der Waals surface area contributed by atoms with Gasteiger partial charge in [0, 0.05) is 59.8 Å². The van der Waals surface area contributed by atoms with E-state index in [0.717, 1.165) is 91.9 Å². The molecule has 3 fully saturated rings. The molecule has 6 aromatic carbocycles. The van der Waals surface area contributed by atoms with Crippen LogP contribution in [0.2, 0.25) is 0 Å². The number of nitrogens with one attached hydrogen (secondary N) is 2. The number of piperidine rings is 2. The van der Waals surface area contributed by atoms with Crippen LogP contribution in [0.4, 0.5) is 22.7 Å². The van der Waals surface area contributed by atoms with Crippen LogP contribution in [0.3, 0.4) is 0 Å². The zero-order valence-electron chi connectivity index (χ0n) is 36.6. The zero-order chi connectivity index (χ0) is 45.6. The van der Waals surface area contributed by atoms with Crippen LogP contribution in [-0.4, -0.2) is 59.4 Å². The van der Waals surface area contributed by atoms with E-state index in [4.69, 9.17) is 11.5 Å². The van der Waals surface area contributed by atoms with Crippen molar-refractivity contribution in [2.75, 3.05) is 46.6 Å². The average Bonchev–Trinajstić information content (AvgIpc) is 4.18. The lowest BCUT2D eigenvalue weighted by Gasteiger charge is -2.34. The van der Waals surface area contributed by atoms with Crippen molar-refractivity contribution in [2.45, 2.75) is 44.4 Å². The van der Waals surface area contributed by atoms with E-state index in [1.165, 1.54) is 12.0 Å². The molecule has 2 saturated heterocycles. The summed E-state index contributed by atoms with van der Waals surface area (Å²) in [6.07, 6.45) is 6.79. The first-order chi connectivity index (χ1) is 32.3. The van der Waals surface area contributed by atoms with Gasteiger partial charge in [-0.1, -0.05) is 84.0 Å². The average molecular weight is 899 g/mol. The van der Waals surface area contributed by atoms with Crippen molar-refractivity contribution in [1.82, 2.24) is 0 Å². The molecule has 9 rings (SSSR count). The first kappa shape index (κ1) is 44.1. The molecule has 0 bridgehead atoms. The second-order valence-electron chi connectivity index (χ2n) is 17.4. The van der Waals surface area contributed by atoms with Gasteiger partial charge in [-0.15, -0.1) is 0 Å². The Labute approximate surface area is 389 Å². The van der Waals surface area contributed by atoms with Gasteiger partial charge >= 0.3 is 0 Å². The molecule has 3 aliphatic rings. The summed E-state index contributed by atoms with van der Waals surface area (Å²) >= 11 is 0.288. The molecule has 8 N–H and O–H groups in total. The van der Waals surface area contributed by atoms with E-state index < -0.39 is 0 Å². The molecular weight excluding hydrogens is 845 g/mol. The molecule has 2 amide bonds. The highest BCUT2D eigenvalue weighted by atomic mass is 32.2. The van der Waals surface area contributed by atoms with E-state index in [-0.39, 0.29) is 35.7 Å². The van der Waals surface area contributed by atoms with Crippen LogP contribution in [0, 0.1) is 11.8 Å². The minimum atomic E-state index is -0.281. The first-order valence-electron chi connectivity index (χ1n) is 22.6. The van der Waals surface area contributed by atoms with Crippen molar-refractivity contribution >= 4 is 58.5 Å². The van der Waals surface area contributed by atoms with Crippen molar-refractivity contribution in [3.63, 3.8) is 0 Å². The maximum atomic E-state index is 13.8. The number of oxime groups is 1. The van der Waals surface area contributed by atoms with Crippen molar-refractivity contribution in [3.05, 3.63) is 167 Å². The number of carbonyl (C=O) groups is 2. The summed E-state index contributed by atoms with van der Waals surface area (Å²) < 4.78 is 13.4. The van der Waals surface area contributed by atoms with Gasteiger partial charge in [-0.2, -0.15) is 4.40 Å². The molecule has 6 aromatic rings. The maximum Gasteiger partial charge on any atom is 0.255 e. The Morgan fingerprint density at radius 2 is 1.14 bits per heavy atom. The predicted octanol–water partition coefficient (Wildman–Crippen LogP) is 10.5. The normalized spacial score (nSPS) is 17.9. The summed E-state index contributed by atoms with van der Waals surface area (Å²) in [7, 11) is 0. The number of carbonyl (C=O) groups excluding carboxylic acids is 2. The molecule has 2 aliphatic heterocycles. The molecule has 13 heteroatoms. The van der Waals surface area contributed by atoms with Gasteiger partial charge in [0.05, 0.1) is 11.4 Å². The summed E-state index contributed by atoms with van der Waals surface area (Å²) in [6, 6.07) is 45.2. The van der Waals surface area contributed by atoms with Crippen LogP contribution >= 0.6 is 12.2 Å². The van der Waals surface area contributed by atoms with Gasteiger partial charge in [0.25, 0.3) is 11.8 Å². The zero-order valence-corrected chi connectivity index (χ0v) is 37.5. The van der Waals surface area contributed by atoms with Crippen molar-refractivity contribution < 1.29 is 19.3 Å². The lowest BCUT2D eigenvalue weighted by Crippen LogP contribution is -2.34. The minimum Gasteiger partial charge on any atom is -0.409 e. The number of benzene rings is 6. The molecule has 336 valence electrons. The Hall–Kier alpha value is -7.09. The summed E-state index contributed by atoms with van der Waals surface area (Å²) in [5, 5.41) is 18.8. The molecular formula is C53H54N8O4S. The molecule has 1 saturated carbocycles. The van der Waals surface area contributed by atoms with Crippen molar-refractivity contribution in [2.24, 2.45) is 32.9 Å². The van der Waals surface area contributed by atoms with E-state index >= 15 is 0 Å². The Bertz CT molecular complexity index is 2780. The molecule has 1 aliphatic carbocycles. The minimum absolute atomic E-state index is 0.0879. The van der Waals surface area contributed by atoms with E-state index in [1.54, 1.807) is 12.1 Å². The van der Waals surface area contributed by atoms with Gasteiger partial charge in [0.2, 0.25) is 0 Å². The smallest absolute Gasteiger partial charge is 0.255 e. The lowest BCUT2D eigenvalue weighted by molar-refractivity contribution is 0.101. The monoisotopic (exact) mass is 898 g/mol. The molecule has 2 heterocycles. The quantitative estimate of drug-likeness (QED) is 0.0164. The van der Waals surface area contributed by atoms with E-state index in [1.807, 2.05) is 91.0 Å². The van der Waals surface area contributed by atoms with E-state index in [0.29, 0.717) is 51.4 Å². The Morgan fingerprint density at radius 3 is 1.74 bits per heavy atom. The lowest BCUT2D eigenvalue weighted by atomic mass is 9.89. The van der Waals surface area contributed by atoms with Gasteiger partial charge in [-0.25, -0.2) is 0 Å². The van der Waals surface area contributed by atoms with Gasteiger partial charge < -0.3 is 41.7 Å². The summed E-state index contributed by atoms with van der Waals surface area (Å²) in [4.78, 5) is 32.2. The van der Waals surface area contributed by atoms with Crippen LogP contribution in [0.5, 0.6) is 0 Å². The Kier molecular flexibility index (Phi) is 13.4. The third-order valence-corrected chi connectivity index (χ3v) is 13.7. The highest BCUT2D eigenvalue weighted by molar-refractivity contribution is 7.92. The standard InChI is InChI=1S/C53H54N8O4S/c54-50(58-64)44-20-18-37(34-10-3-1-4-11-34)31-48(44)56-52(62)41-15-9-17-43(30-41)61-26-22-35(23-27-61)46-33-47(46)39-13-7-12-36(28-39)38-19-21-45(51(55)59-66-65)49(32-38)57-53(63)40-14-8-16-42(29-40)60-24-5-2-6-25-60/h1,3-4,7-21,28-32,35,46-47,64-65H,2,5-6,22-27,33H2,(H2,54,58)(H2,55,59)(H,56,62)(H,57,63)/t46?,47-/m1/s1. The summed E-state index contributed by atoms with van der Waals surface area (Å²) in [6.45, 7) is 3.77. The van der Waals surface area contributed by atoms with Crippen LogP contribution in [-0.2, 0) is 0 Å². The van der Waals surface area contributed by atoms with Crippen molar-refractivity contribution in [1.29, 1.82) is 0 Å². The number of hydrogen-bond acceptors (Lipinski definition) is 9. The molecule has 1 unspecified atom stereocenters. The van der Waals surface area contributed by atoms with Crippen LogP contribution in [0.1, 0.15) is 81.8 Å². The number of hydrogen-bond donors (Lipinski definition) is 6. The predicted molar refractivity (Wildman–Crippen MR) is 268 cm³/mol. The summed E-state index contributed by atoms with van der Waals surface area (Å²) in [5.74, 6) is 1.16. The van der Waals surface area contributed by atoms with Crippen LogP contribution < -0.4 is 31.9 Å². The number of nitrogens with zero attached hydrogens (tertiary/aromatic N) is 4. The second-order valence-corrected chi connectivity index (χ2v) is 17.8. The largest absolute Gasteiger partial charge is 0.409 e. The second kappa shape index (κ2) is 20.0. The number of anilines is 4.